The minimum Gasteiger partial charge on any atom is -0.270 e. The Morgan fingerprint density at radius 2 is 1.52 bits per heavy atom. The predicted octanol–water partition coefficient (Wildman–Crippen LogP) is 6.31. The molecule has 0 spiro atoms. The molecule has 1 aromatic carbocycles. The van der Waals surface area contributed by atoms with E-state index in [1.165, 1.54) is 28.8 Å². The predicted molar refractivity (Wildman–Crippen MR) is 103 cm³/mol. The van der Waals surface area contributed by atoms with Gasteiger partial charge in [-0.05, 0) is 63.6 Å². The van der Waals surface area contributed by atoms with E-state index in [-0.39, 0.29) is 0 Å². The van der Waals surface area contributed by atoms with Crippen molar-refractivity contribution in [2.24, 2.45) is 0 Å². The Kier molecular flexibility index (Phi) is 11.1. The van der Waals surface area contributed by atoms with Crippen LogP contribution in [0.1, 0.15) is 76.4 Å². The summed E-state index contributed by atoms with van der Waals surface area (Å²) >= 11 is 0. The van der Waals surface area contributed by atoms with Crippen LogP contribution in [0.3, 0.4) is 0 Å². The van der Waals surface area contributed by atoms with Crippen molar-refractivity contribution in [3.8, 4) is 0 Å². The lowest BCUT2D eigenvalue weighted by atomic mass is 10.0. The van der Waals surface area contributed by atoms with Crippen molar-refractivity contribution in [2.45, 2.75) is 80.7 Å². The van der Waals surface area contributed by atoms with Crippen molar-refractivity contribution in [1.82, 2.24) is 9.78 Å². The van der Waals surface area contributed by atoms with E-state index < -0.39 is 0 Å². The smallest absolute Gasteiger partial charge is 0.0653 e. The Labute approximate surface area is 143 Å². The van der Waals surface area contributed by atoms with Gasteiger partial charge in [0.1, 0.15) is 0 Å². The molecule has 0 bridgehead atoms. The van der Waals surface area contributed by atoms with Gasteiger partial charge in [0.05, 0.1) is 5.69 Å². The van der Waals surface area contributed by atoms with Gasteiger partial charge in [-0.1, -0.05) is 52.0 Å². The van der Waals surface area contributed by atoms with Gasteiger partial charge in [0, 0.05) is 12.2 Å². The van der Waals surface area contributed by atoms with Crippen molar-refractivity contribution in [3.63, 3.8) is 0 Å². The number of aryl methyl sites for hydroxylation is 4. The largest absolute Gasteiger partial charge is 0.270 e. The van der Waals surface area contributed by atoms with Crippen LogP contribution in [-0.2, 0) is 12.8 Å². The van der Waals surface area contributed by atoms with Crippen molar-refractivity contribution in [2.75, 3.05) is 0 Å². The van der Waals surface area contributed by atoms with Gasteiger partial charge in [-0.2, -0.15) is 5.10 Å². The van der Waals surface area contributed by atoms with E-state index in [9.17, 15) is 0 Å². The molecule has 130 valence electrons. The molecule has 0 aliphatic heterocycles. The molecule has 2 heteroatoms. The Morgan fingerprint density at radius 1 is 0.913 bits per heavy atom. The van der Waals surface area contributed by atoms with Crippen LogP contribution in [0.15, 0.2) is 30.5 Å². The van der Waals surface area contributed by atoms with Gasteiger partial charge in [0.15, 0.2) is 0 Å². The second-order valence-corrected chi connectivity index (χ2v) is 5.61. The summed E-state index contributed by atoms with van der Waals surface area (Å²) in [6.45, 7) is 16.7. The summed E-state index contributed by atoms with van der Waals surface area (Å²) in [5.74, 6) is 0. The first-order valence-corrected chi connectivity index (χ1v) is 9.17. The molecular weight excluding hydrogens is 280 g/mol. The fourth-order valence-corrected chi connectivity index (χ4v) is 2.37. The molecular formula is C21H36N2. The first-order chi connectivity index (χ1) is 11.1. The number of benzene rings is 1. The lowest BCUT2D eigenvalue weighted by Gasteiger charge is -2.05. The first-order valence-electron chi connectivity index (χ1n) is 9.17. The van der Waals surface area contributed by atoms with Gasteiger partial charge in [0.25, 0.3) is 0 Å². The third-order valence-electron chi connectivity index (χ3n) is 3.67. The Hall–Kier alpha value is -1.57. The SMILES string of the molecule is CC.CC.Cc1ccccc1CCCc1nn(C(C)C)cc1C. The number of aromatic nitrogens is 2. The highest BCUT2D eigenvalue weighted by molar-refractivity contribution is 5.25. The van der Waals surface area contributed by atoms with Crippen LogP contribution in [0.5, 0.6) is 0 Å². The number of nitrogens with zero attached hydrogens (tertiary/aromatic N) is 2. The number of hydrogen-bond acceptors (Lipinski definition) is 1. The van der Waals surface area contributed by atoms with Crippen LogP contribution in [0.2, 0.25) is 0 Å². The lowest BCUT2D eigenvalue weighted by molar-refractivity contribution is 0.525. The normalized spacial score (nSPS) is 9.78. The highest BCUT2D eigenvalue weighted by atomic mass is 15.3. The third kappa shape index (κ3) is 7.02. The second kappa shape index (κ2) is 11.9. The molecule has 0 saturated carbocycles. The monoisotopic (exact) mass is 316 g/mol. The van der Waals surface area contributed by atoms with Gasteiger partial charge in [-0.25, -0.2) is 0 Å². The van der Waals surface area contributed by atoms with Crippen LogP contribution < -0.4 is 0 Å². The van der Waals surface area contributed by atoms with E-state index in [4.69, 9.17) is 0 Å². The molecule has 1 heterocycles. The van der Waals surface area contributed by atoms with E-state index in [1.54, 1.807) is 0 Å². The molecule has 0 N–H and O–H groups in total. The van der Waals surface area contributed by atoms with Crippen LogP contribution >= 0.6 is 0 Å². The van der Waals surface area contributed by atoms with Crippen molar-refractivity contribution in [1.29, 1.82) is 0 Å². The van der Waals surface area contributed by atoms with E-state index in [1.807, 2.05) is 27.7 Å². The molecule has 0 unspecified atom stereocenters. The minimum absolute atomic E-state index is 0.448. The van der Waals surface area contributed by atoms with Crippen molar-refractivity contribution < 1.29 is 0 Å². The maximum Gasteiger partial charge on any atom is 0.0653 e. The molecule has 0 aliphatic rings. The average Bonchev–Trinajstić information content (AvgIpc) is 2.95. The zero-order valence-electron chi connectivity index (χ0n) is 16.5. The van der Waals surface area contributed by atoms with Crippen LogP contribution in [0, 0.1) is 13.8 Å². The molecule has 0 radical (unpaired) electrons. The molecule has 2 nitrogen and oxygen atoms in total. The van der Waals surface area contributed by atoms with Crippen molar-refractivity contribution in [3.05, 3.63) is 52.8 Å². The average molecular weight is 317 g/mol. The maximum atomic E-state index is 4.68. The van der Waals surface area contributed by atoms with E-state index in [0.717, 1.165) is 12.8 Å². The summed E-state index contributed by atoms with van der Waals surface area (Å²) in [5, 5.41) is 4.68. The fourth-order valence-electron chi connectivity index (χ4n) is 2.37. The molecule has 2 rings (SSSR count). The summed E-state index contributed by atoms with van der Waals surface area (Å²) in [7, 11) is 0. The van der Waals surface area contributed by atoms with E-state index in [2.05, 4.69) is 67.9 Å². The zero-order chi connectivity index (χ0) is 17.8. The number of hydrogen-bond donors (Lipinski definition) is 0. The third-order valence-corrected chi connectivity index (χ3v) is 3.67. The standard InChI is InChI=1S/C17H24N2.2C2H6/c1-13(2)19-12-15(4)17(18-19)11-7-10-16-9-6-5-8-14(16)3;2*1-2/h5-6,8-9,12-13H,7,10-11H2,1-4H3;2*1-2H3. The first kappa shape index (κ1) is 21.4. The van der Waals surface area contributed by atoms with Crippen LogP contribution in [0.25, 0.3) is 0 Å². The summed E-state index contributed by atoms with van der Waals surface area (Å²) < 4.78 is 2.07. The lowest BCUT2D eigenvalue weighted by Crippen LogP contribution is -2.02. The van der Waals surface area contributed by atoms with E-state index in [0.29, 0.717) is 6.04 Å². The molecule has 0 amide bonds. The highest BCUT2D eigenvalue weighted by Gasteiger charge is 2.07. The maximum absolute atomic E-state index is 4.68. The van der Waals surface area contributed by atoms with Crippen LogP contribution in [0.4, 0.5) is 0 Å². The quantitative estimate of drug-likeness (QED) is 0.632. The molecule has 0 saturated heterocycles. The molecule has 0 aliphatic carbocycles. The Morgan fingerprint density at radius 3 is 2.04 bits per heavy atom. The van der Waals surface area contributed by atoms with Gasteiger partial charge in [-0.3, -0.25) is 4.68 Å². The Bertz CT molecular complexity index is 539. The fraction of sp³-hybridized carbons (Fsp3) is 0.571. The topological polar surface area (TPSA) is 17.8 Å². The molecule has 0 fully saturated rings. The summed E-state index contributed by atoms with van der Waals surface area (Å²) in [6, 6.07) is 9.10. The molecule has 0 atom stereocenters. The molecule has 1 aromatic heterocycles. The summed E-state index contributed by atoms with van der Waals surface area (Å²) in [4.78, 5) is 0. The second-order valence-electron chi connectivity index (χ2n) is 5.61. The number of rotatable bonds is 5. The van der Waals surface area contributed by atoms with Gasteiger partial charge in [-0.15, -0.1) is 0 Å². The van der Waals surface area contributed by atoms with Crippen LogP contribution in [-0.4, -0.2) is 9.78 Å². The molecule has 23 heavy (non-hydrogen) atoms. The summed E-state index contributed by atoms with van der Waals surface area (Å²) in [5.41, 5.74) is 5.43. The van der Waals surface area contributed by atoms with E-state index >= 15 is 0 Å². The van der Waals surface area contributed by atoms with Gasteiger partial charge < -0.3 is 0 Å². The summed E-state index contributed by atoms with van der Waals surface area (Å²) in [6.07, 6.45) is 5.54. The van der Waals surface area contributed by atoms with Gasteiger partial charge in [0.2, 0.25) is 0 Å². The van der Waals surface area contributed by atoms with Crippen molar-refractivity contribution >= 4 is 0 Å². The zero-order valence-corrected chi connectivity index (χ0v) is 16.5. The Balaban J connectivity index is 0.00000112. The highest BCUT2D eigenvalue weighted by Crippen LogP contribution is 2.15. The van der Waals surface area contributed by atoms with Gasteiger partial charge >= 0.3 is 0 Å². The minimum atomic E-state index is 0.448. The molecule has 2 aromatic rings.